The van der Waals surface area contributed by atoms with Crippen LogP contribution >= 0.6 is 0 Å². The molecule has 2 amide bonds. The van der Waals surface area contributed by atoms with Crippen molar-refractivity contribution in [1.82, 2.24) is 10.6 Å². The molecule has 39 heavy (non-hydrogen) atoms. The van der Waals surface area contributed by atoms with Gasteiger partial charge in [0, 0.05) is 37.4 Å². The van der Waals surface area contributed by atoms with Gasteiger partial charge >= 0.3 is 0 Å². The molecular formula is C29H37FN4O5. The lowest BCUT2D eigenvalue weighted by atomic mass is 10.1. The van der Waals surface area contributed by atoms with E-state index in [2.05, 4.69) is 23.6 Å². The SMILES string of the molecule is CCCOCCNC(=O)c1ccc(F)c(C#N)c1.CCCOCCOCCNC(=O)c1ccc(C)c(C#N)c1. The maximum atomic E-state index is 13.1. The number of amides is 2. The van der Waals surface area contributed by atoms with Gasteiger partial charge in [0.25, 0.3) is 11.8 Å². The van der Waals surface area contributed by atoms with Crippen molar-refractivity contribution in [3.05, 3.63) is 70.0 Å². The van der Waals surface area contributed by atoms with Gasteiger partial charge in [-0.15, -0.1) is 0 Å². The molecule has 0 aliphatic heterocycles. The zero-order valence-electron chi connectivity index (χ0n) is 22.8. The van der Waals surface area contributed by atoms with Crippen LogP contribution in [0, 0.1) is 35.4 Å². The number of hydrogen-bond donors (Lipinski definition) is 2. The second-order valence-corrected chi connectivity index (χ2v) is 8.30. The lowest BCUT2D eigenvalue weighted by molar-refractivity contribution is 0.0485. The quantitative estimate of drug-likeness (QED) is 0.327. The van der Waals surface area contributed by atoms with Gasteiger partial charge in [-0.05, 0) is 55.7 Å². The lowest BCUT2D eigenvalue weighted by Crippen LogP contribution is -2.27. The van der Waals surface area contributed by atoms with Crippen molar-refractivity contribution in [1.29, 1.82) is 10.5 Å². The minimum Gasteiger partial charge on any atom is -0.380 e. The van der Waals surface area contributed by atoms with Crippen LogP contribution in [0.25, 0.3) is 0 Å². The molecule has 2 N–H and O–H groups in total. The molecule has 0 saturated carbocycles. The molecule has 0 aliphatic rings. The van der Waals surface area contributed by atoms with Crippen molar-refractivity contribution in [2.24, 2.45) is 0 Å². The Balaban J connectivity index is 0.000000395. The van der Waals surface area contributed by atoms with E-state index in [0.717, 1.165) is 31.1 Å². The van der Waals surface area contributed by atoms with E-state index in [1.54, 1.807) is 24.3 Å². The van der Waals surface area contributed by atoms with Gasteiger partial charge in [0.1, 0.15) is 11.9 Å². The van der Waals surface area contributed by atoms with E-state index in [1.807, 2.05) is 13.8 Å². The highest BCUT2D eigenvalue weighted by Crippen LogP contribution is 2.10. The zero-order chi connectivity index (χ0) is 28.9. The molecule has 2 aromatic carbocycles. The molecule has 0 unspecified atom stereocenters. The molecular weight excluding hydrogens is 503 g/mol. The lowest BCUT2D eigenvalue weighted by Gasteiger charge is -2.07. The predicted molar refractivity (Wildman–Crippen MR) is 145 cm³/mol. The summed E-state index contributed by atoms with van der Waals surface area (Å²) >= 11 is 0. The van der Waals surface area contributed by atoms with Crippen LogP contribution in [-0.4, -0.2) is 64.5 Å². The Bertz CT molecular complexity index is 1130. The largest absolute Gasteiger partial charge is 0.380 e. The van der Waals surface area contributed by atoms with Crippen LogP contribution in [0.3, 0.4) is 0 Å². The average molecular weight is 541 g/mol. The number of carbonyl (C=O) groups excluding carboxylic acids is 2. The molecule has 2 rings (SSSR count). The molecule has 0 fully saturated rings. The Morgan fingerprint density at radius 1 is 0.744 bits per heavy atom. The van der Waals surface area contributed by atoms with Gasteiger partial charge in [0.2, 0.25) is 0 Å². The monoisotopic (exact) mass is 540 g/mol. The Morgan fingerprint density at radius 2 is 1.21 bits per heavy atom. The van der Waals surface area contributed by atoms with E-state index in [1.165, 1.54) is 12.1 Å². The minimum atomic E-state index is -0.625. The summed E-state index contributed by atoms with van der Waals surface area (Å²) in [6, 6.07) is 12.5. The number of rotatable bonds is 15. The van der Waals surface area contributed by atoms with Gasteiger partial charge in [-0.25, -0.2) is 4.39 Å². The third-order valence-electron chi connectivity index (χ3n) is 5.10. The van der Waals surface area contributed by atoms with Crippen LogP contribution in [0.2, 0.25) is 0 Å². The van der Waals surface area contributed by atoms with Gasteiger partial charge in [-0.3, -0.25) is 9.59 Å². The molecule has 2 aromatic rings. The Kier molecular flexibility index (Phi) is 17.2. The van der Waals surface area contributed by atoms with Gasteiger partial charge < -0.3 is 24.8 Å². The standard InChI is InChI=1S/C16H22N2O3.C13H15FN2O2/c1-3-7-20-9-10-21-8-6-18-16(19)14-5-4-13(2)15(11-14)12-17;1-2-6-18-7-5-16-13(17)10-3-4-12(14)11(8-10)9-15/h4-5,11H,3,6-10H2,1-2H3,(H,18,19);3-4,8H,2,5-7H2,1H3,(H,16,17). The maximum absolute atomic E-state index is 13.1. The number of carbonyl (C=O) groups is 2. The first-order valence-corrected chi connectivity index (χ1v) is 12.9. The number of hydrogen-bond acceptors (Lipinski definition) is 7. The first-order chi connectivity index (χ1) is 18.9. The highest BCUT2D eigenvalue weighted by molar-refractivity contribution is 5.95. The van der Waals surface area contributed by atoms with E-state index in [-0.39, 0.29) is 22.9 Å². The topological polar surface area (TPSA) is 133 Å². The summed E-state index contributed by atoms with van der Waals surface area (Å²) in [6.07, 6.45) is 1.93. The van der Waals surface area contributed by atoms with E-state index in [0.29, 0.717) is 57.3 Å². The summed E-state index contributed by atoms with van der Waals surface area (Å²) in [6.45, 7) is 10.1. The smallest absolute Gasteiger partial charge is 0.251 e. The minimum absolute atomic E-state index is 0.134. The number of nitrogens with one attached hydrogen (secondary N) is 2. The Hall–Kier alpha value is -3.83. The second-order valence-electron chi connectivity index (χ2n) is 8.30. The number of nitriles is 2. The van der Waals surface area contributed by atoms with Crippen LogP contribution in [0.15, 0.2) is 36.4 Å². The van der Waals surface area contributed by atoms with Crippen LogP contribution in [0.4, 0.5) is 4.39 Å². The third-order valence-corrected chi connectivity index (χ3v) is 5.10. The summed E-state index contributed by atoms with van der Waals surface area (Å²) < 4.78 is 28.9. The van der Waals surface area contributed by atoms with E-state index < -0.39 is 5.82 Å². The number of nitrogens with zero attached hydrogens (tertiary/aromatic N) is 2. The van der Waals surface area contributed by atoms with E-state index in [4.69, 9.17) is 24.7 Å². The van der Waals surface area contributed by atoms with Crippen molar-refractivity contribution in [2.75, 3.05) is 52.7 Å². The molecule has 0 aromatic heterocycles. The third kappa shape index (κ3) is 13.5. The van der Waals surface area contributed by atoms with Gasteiger partial charge in [0.05, 0.1) is 43.6 Å². The molecule has 0 heterocycles. The van der Waals surface area contributed by atoms with Crippen molar-refractivity contribution >= 4 is 11.8 Å². The molecule has 0 atom stereocenters. The zero-order valence-corrected chi connectivity index (χ0v) is 22.8. The van der Waals surface area contributed by atoms with Crippen LogP contribution < -0.4 is 10.6 Å². The average Bonchev–Trinajstić information content (AvgIpc) is 2.95. The summed E-state index contributed by atoms with van der Waals surface area (Å²) in [7, 11) is 0. The molecule has 0 spiro atoms. The van der Waals surface area contributed by atoms with Crippen molar-refractivity contribution in [3.63, 3.8) is 0 Å². The molecule has 10 heteroatoms. The molecule has 210 valence electrons. The van der Waals surface area contributed by atoms with Crippen LogP contribution in [0.5, 0.6) is 0 Å². The first-order valence-electron chi connectivity index (χ1n) is 12.9. The fourth-order valence-electron chi connectivity index (χ4n) is 3.03. The van der Waals surface area contributed by atoms with Crippen LogP contribution in [-0.2, 0) is 14.2 Å². The Morgan fingerprint density at radius 3 is 1.72 bits per heavy atom. The van der Waals surface area contributed by atoms with E-state index in [9.17, 15) is 14.0 Å². The second kappa shape index (κ2) is 20.2. The molecule has 0 saturated heterocycles. The first kappa shape index (κ1) is 33.2. The summed E-state index contributed by atoms with van der Waals surface area (Å²) in [4.78, 5) is 23.6. The molecule has 9 nitrogen and oxygen atoms in total. The van der Waals surface area contributed by atoms with Crippen LogP contribution in [0.1, 0.15) is 64.1 Å². The van der Waals surface area contributed by atoms with Gasteiger partial charge in [-0.1, -0.05) is 19.9 Å². The van der Waals surface area contributed by atoms with Crippen molar-refractivity contribution < 1.29 is 28.2 Å². The molecule has 0 aliphatic carbocycles. The normalized spacial score (nSPS) is 10.0. The number of benzene rings is 2. The number of ether oxygens (including phenoxy) is 3. The fourth-order valence-corrected chi connectivity index (χ4v) is 3.03. The highest BCUT2D eigenvalue weighted by atomic mass is 19.1. The maximum Gasteiger partial charge on any atom is 0.251 e. The summed E-state index contributed by atoms with van der Waals surface area (Å²) in [5.41, 5.74) is 2.01. The summed E-state index contributed by atoms with van der Waals surface area (Å²) in [5, 5.41) is 23.0. The Labute approximate surface area is 229 Å². The highest BCUT2D eigenvalue weighted by Gasteiger charge is 2.09. The van der Waals surface area contributed by atoms with Crippen molar-refractivity contribution in [2.45, 2.75) is 33.6 Å². The number of aryl methyl sites for hydroxylation is 1. The summed E-state index contributed by atoms with van der Waals surface area (Å²) in [5.74, 6) is -1.16. The molecule has 0 radical (unpaired) electrons. The van der Waals surface area contributed by atoms with E-state index >= 15 is 0 Å². The van der Waals surface area contributed by atoms with Gasteiger partial charge in [0.15, 0.2) is 0 Å². The fraction of sp³-hybridized carbons (Fsp3) is 0.448. The molecule has 0 bridgehead atoms. The predicted octanol–water partition coefficient (Wildman–Crippen LogP) is 3.89. The van der Waals surface area contributed by atoms with Gasteiger partial charge in [-0.2, -0.15) is 10.5 Å². The number of halogens is 1. The van der Waals surface area contributed by atoms with Crippen molar-refractivity contribution in [3.8, 4) is 12.1 Å².